The van der Waals surface area contributed by atoms with Gasteiger partial charge >= 0.3 is 0 Å². The topological polar surface area (TPSA) is 86.7 Å². The van der Waals surface area contributed by atoms with Gasteiger partial charge in [-0.05, 0) is 20.3 Å². The van der Waals surface area contributed by atoms with Crippen LogP contribution in [0, 0.1) is 0 Å². The summed E-state index contributed by atoms with van der Waals surface area (Å²) < 4.78 is 52.4. The molecule has 8 heteroatoms. The monoisotopic (exact) mass is 260 g/mol. The second-order valence-corrected chi connectivity index (χ2v) is 6.55. The molecule has 0 amide bonds. The molecule has 0 N–H and O–H groups in total. The highest BCUT2D eigenvalue weighted by atomic mass is 32.2. The van der Waals surface area contributed by atoms with Crippen LogP contribution >= 0.6 is 0 Å². The van der Waals surface area contributed by atoms with Gasteiger partial charge in [0.05, 0.1) is 24.7 Å². The van der Waals surface area contributed by atoms with Crippen LogP contribution in [-0.2, 0) is 28.6 Å². The zero-order valence-corrected chi connectivity index (χ0v) is 10.4. The Balaban J connectivity index is 3.66. The van der Waals surface area contributed by atoms with Crippen LogP contribution < -0.4 is 0 Å². The van der Waals surface area contributed by atoms with E-state index in [1.165, 1.54) is 13.8 Å². The molecule has 0 bridgehead atoms. The van der Waals surface area contributed by atoms with Crippen molar-refractivity contribution in [3.8, 4) is 0 Å². The van der Waals surface area contributed by atoms with E-state index in [-0.39, 0.29) is 31.1 Å². The summed E-state index contributed by atoms with van der Waals surface area (Å²) >= 11 is 0. The van der Waals surface area contributed by atoms with E-state index in [9.17, 15) is 16.8 Å². The van der Waals surface area contributed by atoms with Crippen LogP contribution in [-0.4, -0.2) is 41.6 Å². The van der Waals surface area contributed by atoms with Crippen molar-refractivity contribution in [1.82, 2.24) is 0 Å². The minimum atomic E-state index is -3.45. The SMILES string of the molecule is CCS(=O)(=O)OCCCOS(=O)(=O)CC. The summed E-state index contributed by atoms with van der Waals surface area (Å²) in [5, 5.41) is 0. The summed E-state index contributed by atoms with van der Waals surface area (Å²) in [5.41, 5.74) is 0. The van der Waals surface area contributed by atoms with Crippen LogP contribution in [0.3, 0.4) is 0 Å². The third-order valence-corrected chi connectivity index (χ3v) is 3.99. The van der Waals surface area contributed by atoms with Crippen LogP contribution in [0.25, 0.3) is 0 Å². The maximum atomic E-state index is 10.8. The van der Waals surface area contributed by atoms with E-state index in [0.29, 0.717) is 0 Å². The summed E-state index contributed by atoms with van der Waals surface area (Å²) in [6.07, 6.45) is 0.221. The van der Waals surface area contributed by atoms with E-state index in [2.05, 4.69) is 8.37 Å². The van der Waals surface area contributed by atoms with Gasteiger partial charge in [0, 0.05) is 0 Å². The second-order valence-electron chi connectivity index (χ2n) is 2.69. The molecule has 0 saturated carbocycles. The average Bonchev–Trinajstić information content (AvgIpc) is 2.17. The van der Waals surface area contributed by atoms with Crippen LogP contribution in [0.5, 0.6) is 0 Å². The van der Waals surface area contributed by atoms with Gasteiger partial charge in [0.2, 0.25) is 0 Å². The lowest BCUT2D eigenvalue weighted by atomic mass is 10.5. The van der Waals surface area contributed by atoms with Gasteiger partial charge in [0.25, 0.3) is 20.2 Å². The molecule has 0 rings (SSSR count). The lowest BCUT2D eigenvalue weighted by Crippen LogP contribution is -2.13. The Bertz CT molecular complexity index is 319. The van der Waals surface area contributed by atoms with Crippen molar-refractivity contribution >= 4 is 20.2 Å². The molecule has 6 nitrogen and oxygen atoms in total. The zero-order chi connectivity index (χ0) is 11.9. The average molecular weight is 260 g/mol. The van der Waals surface area contributed by atoms with Gasteiger partial charge in [-0.3, -0.25) is 8.37 Å². The standard InChI is InChI=1S/C7H16O6S2/c1-3-14(8,9)12-6-5-7-13-15(10,11)4-2/h3-7H2,1-2H3. The van der Waals surface area contributed by atoms with Crippen LogP contribution in [0.4, 0.5) is 0 Å². The highest BCUT2D eigenvalue weighted by Gasteiger charge is 2.09. The first kappa shape index (κ1) is 14.8. The number of rotatable bonds is 8. The van der Waals surface area contributed by atoms with E-state index in [1.807, 2.05) is 0 Å². The molecule has 15 heavy (non-hydrogen) atoms. The molecular weight excluding hydrogens is 244 g/mol. The lowest BCUT2D eigenvalue weighted by molar-refractivity contribution is 0.254. The minimum Gasteiger partial charge on any atom is -0.270 e. The minimum absolute atomic E-state index is 0.0601. The molecule has 92 valence electrons. The molecule has 0 aromatic carbocycles. The predicted molar refractivity (Wildman–Crippen MR) is 55.4 cm³/mol. The molecule has 0 spiro atoms. The molecule has 0 saturated heterocycles. The zero-order valence-electron chi connectivity index (χ0n) is 8.80. The fourth-order valence-electron chi connectivity index (χ4n) is 0.597. The smallest absolute Gasteiger partial charge is 0.267 e. The molecule has 0 heterocycles. The Labute approximate surface area is 90.8 Å². The molecule has 0 aliphatic rings. The van der Waals surface area contributed by atoms with Crippen molar-refractivity contribution in [2.45, 2.75) is 20.3 Å². The van der Waals surface area contributed by atoms with Crippen LogP contribution in [0.1, 0.15) is 20.3 Å². The molecule has 0 aromatic heterocycles. The van der Waals surface area contributed by atoms with Crippen LogP contribution in [0.15, 0.2) is 0 Å². The van der Waals surface area contributed by atoms with E-state index in [1.54, 1.807) is 0 Å². The van der Waals surface area contributed by atoms with Crippen molar-refractivity contribution in [2.75, 3.05) is 24.7 Å². The van der Waals surface area contributed by atoms with E-state index >= 15 is 0 Å². The molecule has 0 unspecified atom stereocenters. The van der Waals surface area contributed by atoms with Gasteiger partial charge in [0.1, 0.15) is 0 Å². The van der Waals surface area contributed by atoms with Crippen molar-refractivity contribution < 1.29 is 25.2 Å². The van der Waals surface area contributed by atoms with Gasteiger partial charge < -0.3 is 0 Å². The molecule has 0 aliphatic heterocycles. The Morgan fingerprint density at radius 1 is 0.800 bits per heavy atom. The third kappa shape index (κ3) is 7.71. The Morgan fingerprint density at radius 3 is 1.40 bits per heavy atom. The fraction of sp³-hybridized carbons (Fsp3) is 1.00. The first-order valence-corrected chi connectivity index (χ1v) is 7.72. The van der Waals surface area contributed by atoms with Crippen molar-refractivity contribution in [2.24, 2.45) is 0 Å². The van der Waals surface area contributed by atoms with Gasteiger partial charge in [-0.15, -0.1) is 0 Å². The van der Waals surface area contributed by atoms with Gasteiger partial charge in [0.15, 0.2) is 0 Å². The largest absolute Gasteiger partial charge is 0.270 e. The van der Waals surface area contributed by atoms with E-state index < -0.39 is 20.2 Å². The summed E-state index contributed by atoms with van der Waals surface area (Å²) in [5.74, 6) is -0.192. The summed E-state index contributed by atoms with van der Waals surface area (Å²) in [4.78, 5) is 0. The van der Waals surface area contributed by atoms with Crippen molar-refractivity contribution in [3.63, 3.8) is 0 Å². The summed E-state index contributed by atoms with van der Waals surface area (Å²) in [6, 6.07) is 0. The van der Waals surface area contributed by atoms with Gasteiger partial charge in [-0.25, -0.2) is 0 Å². The molecule has 0 atom stereocenters. The van der Waals surface area contributed by atoms with Gasteiger partial charge in [-0.2, -0.15) is 16.8 Å². The molecule has 0 aromatic rings. The Morgan fingerprint density at radius 2 is 1.13 bits per heavy atom. The predicted octanol–water partition coefficient (Wildman–Crippen LogP) is 0.109. The number of hydrogen-bond donors (Lipinski definition) is 0. The van der Waals surface area contributed by atoms with E-state index in [0.717, 1.165) is 0 Å². The normalized spacial score (nSPS) is 12.9. The summed E-state index contributed by atoms with van der Waals surface area (Å²) in [6.45, 7) is 2.81. The maximum Gasteiger partial charge on any atom is 0.267 e. The highest BCUT2D eigenvalue weighted by Crippen LogP contribution is 1.97. The maximum absolute atomic E-state index is 10.8. The second kappa shape index (κ2) is 6.41. The first-order valence-electron chi connectivity index (χ1n) is 4.57. The van der Waals surface area contributed by atoms with Crippen molar-refractivity contribution in [3.05, 3.63) is 0 Å². The highest BCUT2D eigenvalue weighted by molar-refractivity contribution is 7.86. The van der Waals surface area contributed by atoms with Gasteiger partial charge in [-0.1, -0.05) is 0 Å². The Kier molecular flexibility index (Phi) is 6.34. The summed E-state index contributed by atoms with van der Waals surface area (Å²) in [7, 11) is -6.89. The quantitative estimate of drug-likeness (QED) is 0.455. The molecule has 0 fully saturated rings. The van der Waals surface area contributed by atoms with Crippen LogP contribution in [0.2, 0.25) is 0 Å². The number of hydrogen-bond acceptors (Lipinski definition) is 6. The third-order valence-electron chi connectivity index (χ3n) is 1.52. The lowest BCUT2D eigenvalue weighted by Gasteiger charge is -2.04. The Hall–Kier alpha value is -0.180. The molecule has 0 aliphatic carbocycles. The first-order chi connectivity index (χ1) is 6.83. The van der Waals surface area contributed by atoms with Crippen molar-refractivity contribution in [1.29, 1.82) is 0 Å². The molecule has 0 radical (unpaired) electrons. The van der Waals surface area contributed by atoms with E-state index in [4.69, 9.17) is 0 Å². The fourth-order valence-corrected chi connectivity index (χ4v) is 1.67. The molecular formula is C7H16O6S2.